The van der Waals surface area contributed by atoms with Crippen LogP contribution in [0.1, 0.15) is 22.3 Å². The number of hydrogen-bond donors (Lipinski definition) is 2. The van der Waals surface area contributed by atoms with E-state index >= 15 is 0 Å². The Labute approximate surface area is 150 Å². The number of nitrogens with zero attached hydrogens (tertiary/aromatic N) is 1. The highest BCUT2D eigenvalue weighted by molar-refractivity contribution is 6.08. The summed E-state index contributed by atoms with van der Waals surface area (Å²) in [4.78, 5) is 20.0. The molecule has 2 aromatic heterocycles. The molecule has 0 spiro atoms. The number of ketones is 1. The third-order valence-corrected chi connectivity index (χ3v) is 5.15. The van der Waals surface area contributed by atoms with Crippen LogP contribution in [0.15, 0.2) is 60.9 Å². The Morgan fingerprint density at radius 2 is 1.81 bits per heavy atom. The molecule has 1 aliphatic rings. The molecule has 0 radical (unpaired) electrons. The minimum atomic E-state index is 0.141. The molecule has 4 aromatic rings. The van der Waals surface area contributed by atoms with Gasteiger partial charge < -0.3 is 10.7 Å². The molecule has 0 fully saturated rings. The highest BCUT2D eigenvalue weighted by Gasteiger charge is 2.26. The van der Waals surface area contributed by atoms with Crippen LogP contribution in [0.5, 0.6) is 0 Å². The lowest BCUT2D eigenvalue weighted by Gasteiger charge is -2.10. The normalized spacial score (nSPS) is 13.3. The van der Waals surface area contributed by atoms with Crippen molar-refractivity contribution in [2.24, 2.45) is 0 Å². The molecule has 5 rings (SSSR count). The fraction of sp³-hybridized carbons (Fsp3) is 0.0909. The molecule has 0 aliphatic heterocycles. The maximum atomic E-state index is 12.2. The second-order valence-electron chi connectivity index (χ2n) is 6.67. The first-order valence-electron chi connectivity index (χ1n) is 8.70. The highest BCUT2D eigenvalue weighted by Crippen LogP contribution is 2.39. The minimum absolute atomic E-state index is 0.141. The number of benzene rings is 2. The first kappa shape index (κ1) is 14.9. The van der Waals surface area contributed by atoms with Crippen LogP contribution in [0.3, 0.4) is 0 Å². The van der Waals surface area contributed by atoms with E-state index in [-0.39, 0.29) is 5.78 Å². The Morgan fingerprint density at radius 3 is 2.65 bits per heavy atom. The highest BCUT2D eigenvalue weighted by atomic mass is 16.1. The Kier molecular flexibility index (Phi) is 3.19. The van der Waals surface area contributed by atoms with Crippen molar-refractivity contribution in [1.29, 1.82) is 0 Å². The van der Waals surface area contributed by atoms with Gasteiger partial charge in [0.05, 0.1) is 0 Å². The maximum Gasteiger partial charge on any atom is 0.165 e. The standard InChI is InChI=1S/C22H17N3O/c23-19-8-6-15(16-7-9-20(26)21(16)19)18-12-25-22-17(18)10-14(11-24-22)13-4-2-1-3-5-13/h1-6,8,10-12H,7,9,23H2,(H,24,25). The smallest absolute Gasteiger partial charge is 0.165 e. The van der Waals surface area contributed by atoms with E-state index in [9.17, 15) is 4.79 Å². The third kappa shape index (κ3) is 2.15. The van der Waals surface area contributed by atoms with Crippen LogP contribution in [0.25, 0.3) is 33.3 Å². The molecule has 4 nitrogen and oxygen atoms in total. The Bertz CT molecular complexity index is 1160. The van der Waals surface area contributed by atoms with Gasteiger partial charge in [-0.1, -0.05) is 36.4 Å². The quantitative estimate of drug-likeness (QED) is 0.524. The number of nitrogen functional groups attached to an aromatic ring is 1. The molecule has 0 saturated carbocycles. The molecule has 0 unspecified atom stereocenters. The van der Waals surface area contributed by atoms with Gasteiger partial charge in [-0.2, -0.15) is 0 Å². The molecule has 2 heterocycles. The summed E-state index contributed by atoms with van der Waals surface area (Å²) in [6, 6.07) is 16.2. The lowest BCUT2D eigenvalue weighted by molar-refractivity contribution is 0.0995. The Hall–Kier alpha value is -3.40. The van der Waals surface area contributed by atoms with Gasteiger partial charge in [0.15, 0.2) is 5.78 Å². The Balaban J connectivity index is 1.73. The fourth-order valence-electron chi connectivity index (χ4n) is 3.89. The molecule has 3 N–H and O–H groups in total. The summed E-state index contributed by atoms with van der Waals surface area (Å²) in [7, 11) is 0. The zero-order valence-corrected chi connectivity index (χ0v) is 14.1. The summed E-state index contributed by atoms with van der Waals surface area (Å²) in [5.41, 5.74) is 13.6. The molecule has 0 amide bonds. The van der Waals surface area contributed by atoms with Crippen molar-refractivity contribution >= 4 is 22.5 Å². The second-order valence-corrected chi connectivity index (χ2v) is 6.67. The van der Waals surface area contributed by atoms with Crippen molar-refractivity contribution in [2.45, 2.75) is 12.8 Å². The van der Waals surface area contributed by atoms with Gasteiger partial charge in [0.25, 0.3) is 0 Å². The van der Waals surface area contributed by atoms with Crippen LogP contribution in [0.2, 0.25) is 0 Å². The third-order valence-electron chi connectivity index (χ3n) is 5.15. The number of pyridine rings is 1. The first-order valence-corrected chi connectivity index (χ1v) is 8.70. The van der Waals surface area contributed by atoms with Crippen molar-refractivity contribution in [3.63, 3.8) is 0 Å². The zero-order chi connectivity index (χ0) is 17.7. The van der Waals surface area contributed by atoms with Gasteiger partial charge in [-0.25, -0.2) is 4.98 Å². The summed E-state index contributed by atoms with van der Waals surface area (Å²) < 4.78 is 0. The number of aromatic amines is 1. The van der Waals surface area contributed by atoms with Gasteiger partial charge in [0, 0.05) is 46.6 Å². The maximum absolute atomic E-state index is 12.2. The van der Waals surface area contributed by atoms with Crippen molar-refractivity contribution in [1.82, 2.24) is 9.97 Å². The van der Waals surface area contributed by atoms with Crippen molar-refractivity contribution in [3.05, 3.63) is 72.1 Å². The number of Topliss-reactive ketones (excluding diaryl/α,β-unsaturated/α-hetero) is 1. The van der Waals surface area contributed by atoms with Gasteiger partial charge in [0.2, 0.25) is 0 Å². The monoisotopic (exact) mass is 339 g/mol. The largest absolute Gasteiger partial charge is 0.398 e. The molecular formula is C22H17N3O. The molecule has 1 aliphatic carbocycles. The van der Waals surface area contributed by atoms with Crippen LogP contribution < -0.4 is 5.73 Å². The Morgan fingerprint density at radius 1 is 0.962 bits per heavy atom. The number of anilines is 1. The van der Waals surface area contributed by atoms with Gasteiger partial charge in [-0.3, -0.25) is 4.79 Å². The predicted octanol–water partition coefficient (Wildman–Crippen LogP) is 4.61. The van der Waals surface area contributed by atoms with E-state index in [1.807, 2.05) is 42.7 Å². The second kappa shape index (κ2) is 5.56. The zero-order valence-electron chi connectivity index (χ0n) is 14.1. The number of rotatable bonds is 2. The summed E-state index contributed by atoms with van der Waals surface area (Å²) in [6.07, 6.45) is 5.13. The van der Waals surface area contributed by atoms with E-state index in [0.717, 1.165) is 45.3 Å². The molecule has 0 atom stereocenters. The molecule has 126 valence electrons. The number of fused-ring (bicyclic) bond motifs is 2. The van der Waals surface area contributed by atoms with Crippen LogP contribution in [-0.4, -0.2) is 15.8 Å². The van der Waals surface area contributed by atoms with Crippen molar-refractivity contribution in [2.75, 3.05) is 5.73 Å². The van der Waals surface area contributed by atoms with Crippen molar-refractivity contribution < 1.29 is 4.79 Å². The van der Waals surface area contributed by atoms with E-state index in [2.05, 4.69) is 28.2 Å². The number of carbonyl (C=O) groups is 1. The number of nitrogens with one attached hydrogen (secondary N) is 1. The van der Waals surface area contributed by atoms with Crippen LogP contribution in [0.4, 0.5) is 5.69 Å². The van der Waals surface area contributed by atoms with Gasteiger partial charge in [-0.15, -0.1) is 0 Å². The number of nitrogens with two attached hydrogens (primary N) is 1. The summed E-state index contributed by atoms with van der Waals surface area (Å²) >= 11 is 0. The number of H-pyrrole nitrogens is 1. The number of aromatic nitrogens is 2. The average Bonchev–Trinajstić information content (AvgIpc) is 3.27. The van der Waals surface area contributed by atoms with E-state index in [0.29, 0.717) is 17.7 Å². The van der Waals surface area contributed by atoms with Crippen LogP contribution >= 0.6 is 0 Å². The lowest BCUT2D eigenvalue weighted by Crippen LogP contribution is -2.00. The van der Waals surface area contributed by atoms with Crippen LogP contribution in [-0.2, 0) is 6.42 Å². The van der Waals surface area contributed by atoms with E-state index < -0.39 is 0 Å². The van der Waals surface area contributed by atoms with Gasteiger partial charge in [0.1, 0.15) is 5.65 Å². The van der Waals surface area contributed by atoms with E-state index in [1.54, 1.807) is 0 Å². The molecule has 4 heteroatoms. The fourth-order valence-corrected chi connectivity index (χ4v) is 3.89. The molecular weight excluding hydrogens is 322 g/mol. The van der Waals surface area contributed by atoms with Gasteiger partial charge in [-0.05, 0) is 35.2 Å². The number of carbonyl (C=O) groups excluding carboxylic acids is 1. The molecule has 0 bridgehead atoms. The average molecular weight is 339 g/mol. The molecule has 26 heavy (non-hydrogen) atoms. The number of hydrogen-bond acceptors (Lipinski definition) is 3. The summed E-state index contributed by atoms with van der Waals surface area (Å²) in [5, 5.41) is 1.05. The SMILES string of the molecule is Nc1ccc(-c2c[nH]c3ncc(-c4ccccc4)cc23)c2c1C(=O)CC2. The predicted molar refractivity (Wildman–Crippen MR) is 104 cm³/mol. The summed E-state index contributed by atoms with van der Waals surface area (Å²) in [6.45, 7) is 0. The minimum Gasteiger partial charge on any atom is -0.398 e. The van der Waals surface area contributed by atoms with Gasteiger partial charge >= 0.3 is 0 Å². The van der Waals surface area contributed by atoms with Crippen LogP contribution in [0, 0.1) is 0 Å². The topological polar surface area (TPSA) is 71.8 Å². The lowest BCUT2D eigenvalue weighted by atomic mass is 9.95. The van der Waals surface area contributed by atoms with E-state index in [4.69, 9.17) is 5.73 Å². The summed E-state index contributed by atoms with van der Waals surface area (Å²) in [5.74, 6) is 0.141. The molecule has 0 saturated heterocycles. The first-order chi connectivity index (χ1) is 12.7. The molecule has 2 aromatic carbocycles. The van der Waals surface area contributed by atoms with Crippen molar-refractivity contribution in [3.8, 4) is 22.3 Å². The van der Waals surface area contributed by atoms with E-state index in [1.165, 1.54) is 0 Å².